The predicted molar refractivity (Wildman–Crippen MR) is 83.2 cm³/mol. The molecular weight excluding hydrogens is 282 g/mol. The zero-order valence-electron chi connectivity index (χ0n) is 10.7. The summed E-state index contributed by atoms with van der Waals surface area (Å²) in [6.45, 7) is 2.05. The number of nitrogens with one attached hydrogen (secondary N) is 1. The molecule has 0 bridgehead atoms. The van der Waals surface area contributed by atoms with Crippen molar-refractivity contribution in [3.05, 3.63) is 50.7 Å². The van der Waals surface area contributed by atoms with Crippen molar-refractivity contribution >= 4 is 34.7 Å². The molecule has 0 aliphatic rings. The van der Waals surface area contributed by atoms with Gasteiger partial charge in [0.05, 0.1) is 10.4 Å². The third-order valence-corrected chi connectivity index (χ3v) is 5.33. The van der Waals surface area contributed by atoms with Gasteiger partial charge in [-0.1, -0.05) is 29.8 Å². The van der Waals surface area contributed by atoms with Crippen molar-refractivity contribution in [3.63, 3.8) is 0 Å². The van der Waals surface area contributed by atoms with Crippen LogP contribution in [0.4, 0.5) is 0 Å². The highest BCUT2D eigenvalue weighted by Gasteiger charge is 2.18. The predicted octanol–water partition coefficient (Wildman–Crippen LogP) is 4.74. The highest BCUT2D eigenvalue weighted by atomic mass is 35.5. The molecule has 0 spiro atoms. The number of hydrogen-bond acceptors (Lipinski definition) is 3. The van der Waals surface area contributed by atoms with Crippen molar-refractivity contribution in [1.82, 2.24) is 5.32 Å². The average Bonchev–Trinajstić information content (AvgIpc) is 2.71. The van der Waals surface area contributed by atoms with Crippen LogP contribution >= 0.6 is 34.7 Å². The summed E-state index contributed by atoms with van der Waals surface area (Å²) in [5.41, 5.74) is 2.46. The number of hydrogen-bond donors (Lipinski definition) is 1. The fourth-order valence-electron chi connectivity index (χ4n) is 1.98. The Kier molecular flexibility index (Phi) is 4.73. The highest BCUT2D eigenvalue weighted by Crippen LogP contribution is 2.36. The van der Waals surface area contributed by atoms with E-state index in [2.05, 4.69) is 48.8 Å². The van der Waals surface area contributed by atoms with Crippen molar-refractivity contribution in [2.24, 2.45) is 0 Å². The lowest BCUT2D eigenvalue weighted by atomic mass is 10.1. The molecule has 2 aromatic rings. The second-order valence-corrected chi connectivity index (χ2v) is 6.60. The van der Waals surface area contributed by atoms with E-state index in [1.54, 1.807) is 23.1 Å². The fraction of sp³-hybridized carbons (Fsp3) is 0.286. The molecule has 18 heavy (non-hydrogen) atoms. The molecule has 1 atom stereocenters. The van der Waals surface area contributed by atoms with E-state index in [0.717, 1.165) is 9.90 Å². The van der Waals surface area contributed by atoms with Gasteiger partial charge in [0.15, 0.2) is 0 Å². The number of aryl methyl sites for hydroxylation is 1. The van der Waals surface area contributed by atoms with E-state index in [-0.39, 0.29) is 6.04 Å². The number of halogens is 1. The quantitative estimate of drug-likeness (QED) is 0.818. The average molecular weight is 298 g/mol. The third-order valence-electron chi connectivity index (χ3n) is 2.90. The van der Waals surface area contributed by atoms with Gasteiger partial charge in [0.25, 0.3) is 0 Å². The van der Waals surface area contributed by atoms with Gasteiger partial charge in [-0.15, -0.1) is 23.1 Å². The molecule has 1 unspecified atom stereocenters. The minimum atomic E-state index is 0.213. The molecule has 0 saturated heterocycles. The van der Waals surface area contributed by atoms with Gasteiger partial charge in [-0.05, 0) is 43.5 Å². The minimum absolute atomic E-state index is 0.213. The van der Waals surface area contributed by atoms with Gasteiger partial charge in [-0.3, -0.25) is 0 Å². The van der Waals surface area contributed by atoms with E-state index in [4.69, 9.17) is 11.6 Å². The summed E-state index contributed by atoms with van der Waals surface area (Å²) in [6.07, 6.45) is 2.11. The van der Waals surface area contributed by atoms with Crippen LogP contribution < -0.4 is 5.32 Å². The standard InChI is InChI=1S/C14H16ClNS2/c1-9-8-12(18-14(9)15)13(16-2)10-6-4-5-7-11(10)17-3/h4-8,13,16H,1-3H3. The van der Waals surface area contributed by atoms with E-state index < -0.39 is 0 Å². The smallest absolute Gasteiger partial charge is 0.0961 e. The molecule has 0 radical (unpaired) electrons. The van der Waals surface area contributed by atoms with Gasteiger partial charge in [0.2, 0.25) is 0 Å². The molecule has 1 heterocycles. The van der Waals surface area contributed by atoms with Crippen LogP contribution in [0.15, 0.2) is 35.2 Å². The molecule has 0 saturated carbocycles. The first kappa shape index (κ1) is 13.9. The Hall–Kier alpha value is -0.480. The fourth-order valence-corrected chi connectivity index (χ4v) is 3.97. The van der Waals surface area contributed by atoms with Gasteiger partial charge in [0.1, 0.15) is 0 Å². The van der Waals surface area contributed by atoms with Crippen LogP contribution in [-0.2, 0) is 0 Å². The molecule has 0 fully saturated rings. The summed E-state index contributed by atoms with van der Waals surface area (Å²) in [6, 6.07) is 10.9. The van der Waals surface area contributed by atoms with Crippen molar-refractivity contribution in [2.45, 2.75) is 17.9 Å². The van der Waals surface area contributed by atoms with E-state index >= 15 is 0 Å². The van der Waals surface area contributed by atoms with Crippen LogP contribution in [-0.4, -0.2) is 13.3 Å². The zero-order chi connectivity index (χ0) is 13.1. The Bertz CT molecular complexity index is 517. The van der Waals surface area contributed by atoms with Gasteiger partial charge >= 0.3 is 0 Å². The summed E-state index contributed by atoms with van der Waals surface area (Å²) in [5, 5.41) is 3.39. The topological polar surface area (TPSA) is 12.0 Å². The molecule has 1 nitrogen and oxygen atoms in total. The maximum absolute atomic E-state index is 6.18. The summed E-state index contributed by atoms with van der Waals surface area (Å²) in [7, 11) is 1.99. The molecular formula is C14H16ClNS2. The zero-order valence-corrected chi connectivity index (χ0v) is 13.0. The molecule has 1 N–H and O–H groups in total. The second kappa shape index (κ2) is 6.11. The first-order valence-corrected chi connectivity index (χ1v) is 8.15. The van der Waals surface area contributed by atoms with Crippen molar-refractivity contribution in [3.8, 4) is 0 Å². The second-order valence-electron chi connectivity index (χ2n) is 4.07. The van der Waals surface area contributed by atoms with Crippen molar-refractivity contribution in [2.75, 3.05) is 13.3 Å². The Labute approximate surface area is 122 Å². The minimum Gasteiger partial charge on any atom is -0.309 e. The largest absolute Gasteiger partial charge is 0.309 e. The van der Waals surface area contributed by atoms with Crippen LogP contribution in [0.2, 0.25) is 4.34 Å². The number of thioether (sulfide) groups is 1. The van der Waals surface area contributed by atoms with E-state index in [1.165, 1.54) is 15.3 Å². The van der Waals surface area contributed by atoms with Crippen LogP contribution in [0.3, 0.4) is 0 Å². The number of rotatable bonds is 4. The van der Waals surface area contributed by atoms with Gasteiger partial charge in [0, 0.05) is 9.77 Å². The molecule has 0 aliphatic carbocycles. The molecule has 96 valence electrons. The number of thiophene rings is 1. The maximum atomic E-state index is 6.18. The normalized spacial score (nSPS) is 12.7. The van der Waals surface area contributed by atoms with Gasteiger partial charge in [-0.25, -0.2) is 0 Å². The SMILES string of the molecule is CNC(c1cc(C)c(Cl)s1)c1ccccc1SC. The molecule has 1 aromatic carbocycles. The van der Waals surface area contributed by atoms with Crippen LogP contribution in [0, 0.1) is 6.92 Å². The summed E-state index contributed by atoms with van der Waals surface area (Å²) in [4.78, 5) is 2.57. The van der Waals surface area contributed by atoms with Gasteiger partial charge < -0.3 is 5.32 Å². The first-order chi connectivity index (χ1) is 8.67. The third kappa shape index (κ3) is 2.75. The summed E-state index contributed by atoms with van der Waals surface area (Å²) < 4.78 is 0.881. The maximum Gasteiger partial charge on any atom is 0.0961 e. The van der Waals surface area contributed by atoms with E-state index in [1.807, 2.05) is 7.05 Å². The van der Waals surface area contributed by atoms with Crippen molar-refractivity contribution in [1.29, 1.82) is 0 Å². The summed E-state index contributed by atoms with van der Waals surface area (Å²) in [5.74, 6) is 0. The molecule has 0 aliphatic heterocycles. The Morgan fingerprint density at radius 1 is 1.33 bits per heavy atom. The molecule has 2 rings (SSSR count). The first-order valence-electron chi connectivity index (χ1n) is 5.73. The lowest BCUT2D eigenvalue weighted by molar-refractivity contribution is 0.691. The number of benzene rings is 1. The Balaban J connectivity index is 2.45. The molecule has 0 amide bonds. The van der Waals surface area contributed by atoms with E-state index in [9.17, 15) is 0 Å². The highest BCUT2D eigenvalue weighted by molar-refractivity contribution is 7.98. The lowest BCUT2D eigenvalue weighted by Crippen LogP contribution is -2.17. The van der Waals surface area contributed by atoms with Crippen LogP contribution in [0.1, 0.15) is 22.0 Å². The Morgan fingerprint density at radius 3 is 2.61 bits per heavy atom. The van der Waals surface area contributed by atoms with Gasteiger partial charge in [-0.2, -0.15) is 0 Å². The molecule has 4 heteroatoms. The van der Waals surface area contributed by atoms with E-state index in [0.29, 0.717) is 0 Å². The van der Waals surface area contributed by atoms with Crippen LogP contribution in [0.5, 0.6) is 0 Å². The monoisotopic (exact) mass is 297 g/mol. The van der Waals surface area contributed by atoms with Crippen LogP contribution in [0.25, 0.3) is 0 Å². The Morgan fingerprint density at radius 2 is 2.06 bits per heavy atom. The molecule has 1 aromatic heterocycles. The summed E-state index contributed by atoms with van der Waals surface area (Å²) >= 11 is 9.61. The lowest BCUT2D eigenvalue weighted by Gasteiger charge is -2.18. The van der Waals surface area contributed by atoms with Crippen molar-refractivity contribution < 1.29 is 0 Å².